The molecule has 0 saturated carbocycles. The zero-order valence-electron chi connectivity index (χ0n) is 10.8. The van der Waals surface area contributed by atoms with Crippen LogP contribution in [0.25, 0.3) is 0 Å². The van der Waals surface area contributed by atoms with Crippen molar-refractivity contribution in [2.45, 2.75) is 72.6 Å². The SMILES string of the molecule is CCC[CH2][SnH]([CH2]CCC)[CH2]CCC.OO. The van der Waals surface area contributed by atoms with Crippen LogP contribution < -0.4 is 0 Å². The van der Waals surface area contributed by atoms with Gasteiger partial charge in [-0.1, -0.05) is 0 Å². The molecule has 2 N–H and O–H groups in total. The third-order valence-electron chi connectivity index (χ3n) is 2.90. The molecule has 0 heterocycles. The van der Waals surface area contributed by atoms with Crippen molar-refractivity contribution in [3.63, 3.8) is 0 Å². The molecule has 0 atom stereocenters. The zero-order valence-corrected chi connectivity index (χ0v) is 14.1. The van der Waals surface area contributed by atoms with Gasteiger partial charge in [0, 0.05) is 0 Å². The summed E-state index contributed by atoms with van der Waals surface area (Å²) < 4.78 is 5.08. The molecule has 0 aliphatic carbocycles. The Morgan fingerprint density at radius 2 is 0.933 bits per heavy atom. The maximum atomic E-state index is 6.00. The standard InChI is InChI=1S/3C4H9.H2O2.Sn.H/c3*1-3-4-2;1-2;;/h3*1,3-4H2,2H3;1-2H;;. The minimum absolute atomic E-state index is 0.967. The van der Waals surface area contributed by atoms with E-state index in [4.69, 9.17) is 10.5 Å². The molecule has 0 aromatic heterocycles. The van der Waals surface area contributed by atoms with Crippen molar-refractivity contribution < 1.29 is 10.5 Å². The molecule has 0 amide bonds. The van der Waals surface area contributed by atoms with E-state index in [1.165, 1.54) is 38.5 Å². The van der Waals surface area contributed by atoms with E-state index in [9.17, 15) is 0 Å². The van der Waals surface area contributed by atoms with Gasteiger partial charge in [-0.05, 0) is 0 Å². The van der Waals surface area contributed by atoms with E-state index in [1.54, 1.807) is 13.3 Å². The van der Waals surface area contributed by atoms with Crippen molar-refractivity contribution in [2.75, 3.05) is 0 Å². The van der Waals surface area contributed by atoms with Gasteiger partial charge in [0.05, 0.1) is 0 Å². The van der Waals surface area contributed by atoms with Crippen LogP contribution in [0.2, 0.25) is 13.3 Å². The molecule has 0 aromatic rings. The summed E-state index contributed by atoms with van der Waals surface area (Å²) in [6.45, 7) is 7.01. The Kier molecular flexibility index (Phi) is 20.7. The van der Waals surface area contributed by atoms with Crippen molar-refractivity contribution >= 4 is 19.8 Å². The van der Waals surface area contributed by atoms with Gasteiger partial charge < -0.3 is 0 Å². The normalized spacial score (nSPS) is 10.0. The molecule has 0 aliphatic heterocycles. The van der Waals surface area contributed by atoms with E-state index in [-0.39, 0.29) is 0 Å². The summed E-state index contributed by atoms with van der Waals surface area (Å²) in [5.41, 5.74) is 0. The molecule has 3 heteroatoms. The second-order valence-electron chi connectivity index (χ2n) is 4.29. The van der Waals surface area contributed by atoms with E-state index < -0.39 is 19.8 Å². The third kappa shape index (κ3) is 14.7. The molecule has 15 heavy (non-hydrogen) atoms. The van der Waals surface area contributed by atoms with Gasteiger partial charge in [0.15, 0.2) is 0 Å². The first kappa shape index (κ1) is 18.1. The first-order valence-electron chi connectivity index (χ1n) is 6.55. The zero-order chi connectivity index (χ0) is 11.9. The Morgan fingerprint density at radius 1 is 0.667 bits per heavy atom. The van der Waals surface area contributed by atoms with Gasteiger partial charge in [-0.15, -0.1) is 0 Å². The van der Waals surface area contributed by atoms with Crippen molar-refractivity contribution in [1.29, 1.82) is 0 Å². The van der Waals surface area contributed by atoms with Crippen molar-refractivity contribution in [2.24, 2.45) is 0 Å². The first-order chi connectivity index (χ1) is 7.35. The average molecular weight is 325 g/mol. The third-order valence-corrected chi connectivity index (χ3v) is 13.4. The van der Waals surface area contributed by atoms with Crippen LogP contribution in [0.3, 0.4) is 0 Å². The molecular weight excluding hydrogens is 295 g/mol. The Morgan fingerprint density at radius 3 is 1.13 bits per heavy atom. The smallest absolute Gasteiger partial charge is 0.255 e. The fraction of sp³-hybridized carbons (Fsp3) is 1.00. The largest absolute Gasteiger partial charge is 0.255 e. The van der Waals surface area contributed by atoms with Crippen molar-refractivity contribution in [3.8, 4) is 0 Å². The number of unbranched alkanes of at least 4 members (excludes halogenated alkanes) is 3. The number of hydrogen-bond donors (Lipinski definition) is 2. The summed E-state index contributed by atoms with van der Waals surface area (Å²) in [7, 11) is 0. The van der Waals surface area contributed by atoms with E-state index in [2.05, 4.69) is 20.8 Å². The van der Waals surface area contributed by atoms with Crippen LogP contribution in [0.15, 0.2) is 0 Å². The summed E-state index contributed by atoms with van der Waals surface area (Å²) in [6.07, 6.45) is 8.87. The minimum atomic E-state index is -0.967. The van der Waals surface area contributed by atoms with Crippen LogP contribution in [-0.4, -0.2) is 30.3 Å². The summed E-state index contributed by atoms with van der Waals surface area (Å²) >= 11 is -0.967. The molecule has 0 rings (SSSR count). The first-order valence-corrected chi connectivity index (χ1v) is 13.5. The van der Waals surface area contributed by atoms with Crippen LogP contribution in [0.4, 0.5) is 0 Å². The number of hydrogen-bond acceptors (Lipinski definition) is 2. The second kappa shape index (κ2) is 17.1. The Bertz CT molecular complexity index is 80.6. The number of rotatable bonds is 9. The molecule has 2 nitrogen and oxygen atoms in total. The van der Waals surface area contributed by atoms with E-state index in [0.29, 0.717) is 0 Å². The molecule has 0 saturated heterocycles. The van der Waals surface area contributed by atoms with Crippen LogP contribution >= 0.6 is 0 Å². The van der Waals surface area contributed by atoms with Crippen molar-refractivity contribution in [3.05, 3.63) is 0 Å². The van der Waals surface area contributed by atoms with Crippen molar-refractivity contribution in [1.82, 2.24) is 0 Å². The quantitative estimate of drug-likeness (QED) is 0.369. The summed E-state index contributed by atoms with van der Waals surface area (Å²) in [6, 6.07) is 0. The maximum absolute atomic E-state index is 6.00. The Hall–Kier alpha value is 0.719. The van der Waals surface area contributed by atoms with Gasteiger partial charge in [0.1, 0.15) is 0 Å². The average Bonchev–Trinajstić information content (AvgIpc) is 2.31. The summed E-state index contributed by atoms with van der Waals surface area (Å²) in [5.74, 6) is 0. The van der Waals surface area contributed by atoms with Crippen LogP contribution in [0, 0.1) is 0 Å². The summed E-state index contributed by atoms with van der Waals surface area (Å²) in [4.78, 5) is 0. The molecule has 0 radical (unpaired) electrons. The Balaban J connectivity index is 0. The molecule has 0 aliphatic rings. The Labute approximate surface area is 103 Å². The molecule has 0 spiro atoms. The van der Waals surface area contributed by atoms with Gasteiger partial charge in [0.2, 0.25) is 0 Å². The predicted molar refractivity (Wildman–Crippen MR) is 71.6 cm³/mol. The molecule has 0 bridgehead atoms. The van der Waals surface area contributed by atoms with Crippen LogP contribution in [-0.2, 0) is 0 Å². The van der Waals surface area contributed by atoms with E-state index in [0.717, 1.165) is 0 Å². The minimum Gasteiger partial charge on any atom is -0.255 e. The van der Waals surface area contributed by atoms with Crippen LogP contribution in [0.5, 0.6) is 0 Å². The van der Waals surface area contributed by atoms with Gasteiger partial charge in [0.25, 0.3) is 0 Å². The fourth-order valence-corrected chi connectivity index (χ4v) is 12.8. The summed E-state index contributed by atoms with van der Waals surface area (Å²) in [5, 5.41) is 12.0. The monoisotopic (exact) mass is 326 g/mol. The van der Waals surface area contributed by atoms with Gasteiger partial charge in [-0.2, -0.15) is 0 Å². The van der Waals surface area contributed by atoms with E-state index >= 15 is 0 Å². The molecule has 0 fully saturated rings. The fourth-order valence-electron chi connectivity index (χ4n) is 1.91. The van der Waals surface area contributed by atoms with Gasteiger partial charge in [-0.3, -0.25) is 10.5 Å². The maximum Gasteiger partial charge on any atom is -0.255 e. The topological polar surface area (TPSA) is 40.5 Å². The van der Waals surface area contributed by atoms with E-state index in [1.807, 2.05) is 0 Å². The van der Waals surface area contributed by atoms with Crippen LogP contribution in [0.1, 0.15) is 59.3 Å². The molecule has 0 unspecified atom stereocenters. The molecular formula is C12H30O2Sn. The van der Waals surface area contributed by atoms with Gasteiger partial charge in [-0.25, -0.2) is 0 Å². The molecule has 0 aromatic carbocycles. The van der Waals surface area contributed by atoms with Gasteiger partial charge >= 0.3 is 92.4 Å². The predicted octanol–water partition coefficient (Wildman–Crippen LogP) is 4.63. The second-order valence-corrected chi connectivity index (χ2v) is 14.2. The molecule has 94 valence electrons.